The van der Waals surface area contributed by atoms with Crippen molar-refractivity contribution in [2.75, 3.05) is 7.05 Å². The average molecular weight is 194 g/mol. The van der Waals surface area contributed by atoms with Gasteiger partial charge in [-0.3, -0.25) is 4.57 Å². The Bertz CT molecular complexity index is 365. The topological polar surface area (TPSA) is 42.7 Å². The van der Waals surface area contributed by atoms with E-state index in [9.17, 15) is 0 Å². The molecule has 5 heteroatoms. The molecule has 0 radical (unpaired) electrons. The summed E-state index contributed by atoms with van der Waals surface area (Å²) in [5.74, 6) is 0. The molecule has 0 aliphatic heterocycles. The Kier molecular flexibility index (Phi) is 2.37. The largest absolute Gasteiger partial charge is 0.315 e. The van der Waals surface area contributed by atoms with Crippen LogP contribution in [0.15, 0.2) is 24.9 Å². The van der Waals surface area contributed by atoms with Crippen molar-refractivity contribution < 1.29 is 0 Å². The predicted molar refractivity (Wildman–Crippen MR) is 52.0 cm³/mol. The molecule has 4 nitrogen and oxygen atoms in total. The molecule has 0 unspecified atom stereocenters. The lowest BCUT2D eigenvalue weighted by molar-refractivity contribution is 0.829. The third-order valence-electron chi connectivity index (χ3n) is 1.62. The van der Waals surface area contributed by atoms with Gasteiger partial charge in [-0.15, -0.1) is 0 Å². The maximum absolute atomic E-state index is 4.28. The third kappa shape index (κ3) is 1.76. The van der Waals surface area contributed by atoms with Gasteiger partial charge >= 0.3 is 0 Å². The van der Waals surface area contributed by atoms with Crippen molar-refractivity contribution in [3.63, 3.8) is 0 Å². The molecule has 2 rings (SSSR count). The molecule has 13 heavy (non-hydrogen) atoms. The summed E-state index contributed by atoms with van der Waals surface area (Å²) in [6.07, 6.45) is 7.28. The van der Waals surface area contributed by atoms with Crippen LogP contribution in [0.1, 0.15) is 4.88 Å². The van der Waals surface area contributed by atoms with E-state index >= 15 is 0 Å². The minimum Gasteiger partial charge on any atom is -0.315 e. The number of hydrogen-bond donors (Lipinski definition) is 1. The number of imidazole rings is 1. The maximum Gasteiger partial charge on any atom is 0.195 e. The first-order valence-electron chi connectivity index (χ1n) is 3.98. The van der Waals surface area contributed by atoms with Crippen LogP contribution in [-0.2, 0) is 6.54 Å². The lowest BCUT2D eigenvalue weighted by atomic mass is 10.5. The second kappa shape index (κ2) is 3.68. The van der Waals surface area contributed by atoms with Crippen LogP contribution in [-0.4, -0.2) is 21.6 Å². The second-order valence-electron chi connectivity index (χ2n) is 2.61. The van der Waals surface area contributed by atoms with Gasteiger partial charge in [0.15, 0.2) is 5.13 Å². The highest BCUT2D eigenvalue weighted by Crippen LogP contribution is 2.16. The third-order valence-corrected chi connectivity index (χ3v) is 2.63. The molecule has 0 saturated carbocycles. The normalized spacial score (nSPS) is 10.5. The molecule has 68 valence electrons. The standard InChI is InChI=1S/C8H10N4S/c1-9-4-7-5-11-8(13-7)12-3-2-10-6-12/h2-3,5-6,9H,4H2,1H3. The summed E-state index contributed by atoms with van der Waals surface area (Å²) in [4.78, 5) is 9.47. The lowest BCUT2D eigenvalue weighted by Crippen LogP contribution is -2.02. The Morgan fingerprint density at radius 2 is 2.54 bits per heavy atom. The van der Waals surface area contributed by atoms with Gasteiger partial charge in [0.05, 0.1) is 0 Å². The monoisotopic (exact) mass is 194 g/mol. The van der Waals surface area contributed by atoms with E-state index in [1.54, 1.807) is 23.9 Å². The van der Waals surface area contributed by atoms with E-state index in [-0.39, 0.29) is 0 Å². The Morgan fingerprint density at radius 1 is 1.62 bits per heavy atom. The molecule has 0 fully saturated rings. The molecule has 2 heterocycles. The van der Waals surface area contributed by atoms with Crippen LogP contribution in [0, 0.1) is 0 Å². The van der Waals surface area contributed by atoms with Crippen LogP contribution < -0.4 is 5.32 Å². The molecular formula is C8H10N4S. The van der Waals surface area contributed by atoms with E-state index in [2.05, 4.69) is 15.3 Å². The molecule has 0 aliphatic rings. The number of nitrogens with zero attached hydrogens (tertiary/aromatic N) is 3. The number of nitrogens with one attached hydrogen (secondary N) is 1. The van der Waals surface area contributed by atoms with Crippen LogP contribution in [0.3, 0.4) is 0 Å². The van der Waals surface area contributed by atoms with E-state index in [0.29, 0.717) is 0 Å². The maximum atomic E-state index is 4.28. The molecule has 0 spiro atoms. The number of aromatic nitrogens is 3. The second-order valence-corrected chi connectivity index (χ2v) is 3.70. The van der Waals surface area contributed by atoms with Crippen molar-refractivity contribution in [2.45, 2.75) is 6.54 Å². The molecule has 1 N–H and O–H groups in total. The van der Waals surface area contributed by atoms with E-state index in [4.69, 9.17) is 0 Å². The van der Waals surface area contributed by atoms with E-state index in [1.807, 2.05) is 24.0 Å². The fourth-order valence-corrected chi connectivity index (χ4v) is 1.92. The van der Waals surface area contributed by atoms with Gasteiger partial charge in [-0.1, -0.05) is 11.3 Å². The highest BCUT2D eigenvalue weighted by atomic mass is 32.1. The zero-order valence-corrected chi connectivity index (χ0v) is 8.08. The summed E-state index contributed by atoms with van der Waals surface area (Å²) >= 11 is 1.66. The van der Waals surface area contributed by atoms with E-state index in [0.717, 1.165) is 11.7 Å². The van der Waals surface area contributed by atoms with Gasteiger partial charge in [0, 0.05) is 30.0 Å². The summed E-state index contributed by atoms with van der Waals surface area (Å²) in [6, 6.07) is 0. The molecule has 2 aromatic rings. The number of thiazole rings is 1. The summed E-state index contributed by atoms with van der Waals surface area (Å²) in [7, 11) is 1.93. The molecule has 0 aliphatic carbocycles. The van der Waals surface area contributed by atoms with Gasteiger partial charge in [-0.2, -0.15) is 0 Å². The van der Waals surface area contributed by atoms with Crippen molar-refractivity contribution in [3.8, 4) is 5.13 Å². The Hall–Kier alpha value is -1.20. The van der Waals surface area contributed by atoms with E-state index in [1.165, 1.54) is 4.88 Å². The van der Waals surface area contributed by atoms with Gasteiger partial charge in [0.1, 0.15) is 6.33 Å². The molecule has 0 bridgehead atoms. The lowest BCUT2D eigenvalue weighted by Gasteiger charge is -1.92. The van der Waals surface area contributed by atoms with Crippen molar-refractivity contribution in [3.05, 3.63) is 29.8 Å². The molecule has 0 saturated heterocycles. The van der Waals surface area contributed by atoms with Crippen LogP contribution in [0.25, 0.3) is 5.13 Å². The average Bonchev–Trinajstić information content (AvgIpc) is 2.70. The first-order valence-corrected chi connectivity index (χ1v) is 4.79. The smallest absolute Gasteiger partial charge is 0.195 e. The Morgan fingerprint density at radius 3 is 3.23 bits per heavy atom. The zero-order valence-electron chi connectivity index (χ0n) is 7.27. The van der Waals surface area contributed by atoms with Crippen LogP contribution in [0.2, 0.25) is 0 Å². The predicted octanol–water partition coefficient (Wildman–Crippen LogP) is 1.05. The molecular weight excluding hydrogens is 184 g/mol. The van der Waals surface area contributed by atoms with Crippen LogP contribution in [0.5, 0.6) is 0 Å². The van der Waals surface area contributed by atoms with Gasteiger partial charge < -0.3 is 5.32 Å². The van der Waals surface area contributed by atoms with Crippen molar-refractivity contribution in [1.82, 2.24) is 19.9 Å². The molecule has 0 amide bonds. The van der Waals surface area contributed by atoms with Gasteiger partial charge in [0.25, 0.3) is 0 Å². The van der Waals surface area contributed by atoms with Crippen LogP contribution >= 0.6 is 11.3 Å². The highest BCUT2D eigenvalue weighted by Gasteiger charge is 2.01. The first-order chi connectivity index (χ1) is 6.40. The minimum absolute atomic E-state index is 0.867. The SMILES string of the molecule is CNCc1cnc(-n2ccnc2)s1. The highest BCUT2D eigenvalue weighted by molar-refractivity contribution is 7.14. The van der Waals surface area contributed by atoms with Crippen molar-refractivity contribution >= 4 is 11.3 Å². The quantitative estimate of drug-likeness (QED) is 0.794. The summed E-state index contributed by atoms with van der Waals surface area (Å²) in [5.41, 5.74) is 0. The number of hydrogen-bond acceptors (Lipinski definition) is 4. The van der Waals surface area contributed by atoms with Crippen LogP contribution in [0.4, 0.5) is 0 Å². The number of rotatable bonds is 3. The van der Waals surface area contributed by atoms with Crippen molar-refractivity contribution in [2.24, 2.45) is 0 Å². The first kappa shape index (κ1) is 8.40. The summed E-state index contributed by atoms with van der Waals surface area (Å²) < 4.78 is 1.91. The fraction of sp³-hybridized carbons (Fsp3) is 0.250. The fourth-order valence-electron chi connectivity index (χ4n) is 1.04. The van der Waals surface area contributed by atoms with Crippen molar-refractivity contribution in [1.29, 1.82) is 0 Å². The summed E-state index contributed by atoms with van der Waals surface area (Å²) in [5, 5.41) is 4.05. The summed E-state index contributed by atoms with van der Waals surface area (Å²) in [6.45, 7) is 0.867. The molecule has 0 atom stereocenters. The minimum atomic E-state index is 0.867. The zero-order chi connectivity index (χ0) is 9.10. The van der Waals surface area contributed by atoms with Gasteiger partial charge in [0.2, 0.25) is 0 Å². The Balaban J connectivity index is 2.23. The van der Waals surface area contributed by atoms with Gasteiger partial charge in [-0.25, -0.2) is 9.97 Å². The van der Waals surface area contributed by atoms with Gasteiger partial charge in [-0.05, 0) is 7.05 Å². The van der Waals surface area contributed by atoms with E-state index < -0.39 is 0 Å². The molecule has 0 aromatic carbocycles. The molecule has 2 aromatic heterocycles. The Labute approximate surface area is 80.3 Å².